The van der Waals surface area contributed by atoms with Crippen molar-refractivity contribution in [3.8, 4) is 0 Å². The highest BCUT2D eigenvalue weighted by Gasteiger charge is 2.12. The first kappa shape index (κ1) is 13.2. The third-order valence-corrected chi connectivity index (χ3v) is 2.68. The van der Waals surface area contributed by atoms with Crippen LogP contribution in [-0.2, 0) is 11.3 Å². The van der Waals surface area contributed by atoms with Crippen molar-refractivity contribution in [3.05, 3.63) is 23.3 Å². The molecule has 0 spiro atoms. The molecule has 8 heteroatoms. The van der Waals surface area contributed by atoms with Gasteiger partial charge in [0.05, 0.1) is 29.4 Å². The van der Waals surface area contributed by atoms with Gasteiger partial charge in [-0.25, -0.2) is 4.68 Å². The number of rotatable bonds is 4. The minimum Gasteiger partial charge on any atom is -0.387 e. The zero-order valence-electron chi connectivity index (χ0n) is 11.0. The van der Waals surface area contributed by atoms with E-state index >= 15 is 0 Å². The molecule has 2 heterocycles. The van der Waals surface area contributed by atoms with Crippen molar-refractivity contribution in [1.82, 2.24) is 25.2 Å². The predicted molar refractivity (Wildman–Crippen MR) is 67.3 cm³/mol. The summed E-state index contributed by atoms with van der Waals surface area (Å²) in [5.41, 5.74) is 2.65. The van der Waals surface area contributed by atoms with Gasteiger partial charge in [-0.2, -0.15) is 5.10 Å². The van der Waals surface area contributed by atoms with Crippen LogP contribution in [0, 0.1) is 13.8 Å². The number of nitrogens with zero attached hydrogens (tertiary/aromatic N) is 4. The number of hydrogen-bond acceptors (Lipinski definition) is 5. The lowest BCUT2D eigenvalue weighted by Gasteiger charge is -2.04. The Kier molecular flexibility index (Phi) is 3.61. The molecule has 1 unspecified atom stereocenters. The lowest BCUT2D eigenvalue weighted by molar-refractivity contribution is -0.116. The standard InChI is InChI=1S/C11H16N6O2/c1-6-11(7(2)14-13-6)12-10(19)5-17-4-9(8(3)18)15-16-17/h4,8,18H,5H2,1-3H3,(H,12,19)(H,13,14). The summed E-state index contributed by atoms with van der Waals surface area (Å²) in [6.45, 7) is 5.26. The van der Waals surface area contributed by atoms with Gasteiger partial charge in [-0.1, -0.05) is 5.21 Å². The molecule has 0 aliphatic rings. The summed E-state index contributed by atoms with van der Waals surface area (Å²) >= 11 is 0. The van der Waals surface area contributed by atoms with E-state index in [0.717, 1.165) is 11.4 Å². The SMILES string of the molecule is Cc1n[nH]c(C)c1NC(=O)Cn1cc(C(C)O)nn1. The lowest BCUT2D eigenvalue weighted by Crippen LogP contribution is -2.19. The van der Waals surface area contributed by atoms with Crippen LogP contribution in [0.4, 0.5) is 5.69 Å². The van der Waals surface area contributed by atoms with Crippen molar-refractivity contribution >= 4 is 11.6 Å². The molecule has 0 saturated heterocycles. The Morgan fingerprint density at radius 2 is 2.32 bits per heavy atom. The van der Waals surface area contributed by atoms with Crippen molar-refractivity contribution in [2.24, 2.45) is 0 Å². The molecule has 2 aromatic heterocycles. The summed E-state index contributed by atoms with van der Waals surface area (Å²) in [4.78, 5) is 11.9. The first-order valence-corrected chi connectivity index (χ1v) is 5.87. The summed E-state index contributed by atoms with van der Waals surface area (Å²) in [6, 6.07) is 0. The number of aliphatic hydroxyl groups is 1. The van der Waals surface area contributed by atoms with Crippen molar-refractivity contribution in [3.63, 3.8) is 0 Å². The number of carbonyl (C=O) groups is 1. The fourth-order valence-corrected chi connectivity index (χ4v) is 1.64. The predicted octanol–water partition coefficient (Wildman–Crippen LogP) is 0.310. The average molecular weight is 264 g/mol. The Bertz CT molecular complexity index is 566. The molecule has 1 atom stereocenters. The summed E-state index contributed by atoms with van der Waals surface area (Å²) in [6.07, 6.45) is 0.842. The molecule has 0 saturated carbocycles. The molecule has 0 aliphatic carbocycles. The monoisotopic (exact) mass is 264 g/mol. The number of aliphatic hydroxyl groups excluding tert-OH is 1. The number of nitrogens with one attached hydrogen (secondary N) is 2. The van der Waals surface area contributed by atoms with Crippen LogP contribution in [0.1, 0.15) is 30.1 Å². The van der Waals surface area contributed by atoms with E-state index in [9.17, 15) is 9.90 Å². The minimum absolute atomic E-state index is 0.0315. The van der Waals surface area contributed by atoms with Gasteiger partial charge in [-0.3, -0.25) is 9.89 Å². The van der Waals surface area contributed by atoms with E-state index < -0.39 is 6.10 Å². The van der Waals surface area contributed by atoms with E-state index in [0.29, 0.717) is 11.4 Å². The maximum Gasteiger partial charge on any atom is 0.246 e. The molecule has 102 valence electrons. The van der Waals surface area contributed by atoms with Crippen LogP contribution in [0.15, 0.2) is 6.20 Å². The van der Waals surface area contributed by atoms with Gasteiger partial charge < -0.3 is 10.4 Å². The molecule has 2 aromatic rings. The third-order valence-electron chi connectivity index (χ3n) is 2.68. The smallest absolute Gasteiger partial charge is 0.246 e. The quantitative estimate of drug-likeness (QED) is 0.736. The number of amides is 1. The van der Waals surface area contributed by atoms with Gasteiger partial charge in [0.15, 0.2) is 0 Å². The molecule has 0 bridgehead atoms. The summed E-state index contributed by atoms with van der Waals surface area (Å²) in [7, 11) is 0. The maximum atomic E-state index is 11.9. The Labute approximate surface area is 109 Å². The normalized spacial score (nSPS) is 12.4. The summed E-state index contributed by atoms with van der Waals surface area (Å²) in [5.74, 6) is -0.227. The summed E-state index contributed by atoms with van der Waals surface area (Å²) in [5, 5.41) is 26.4. The van der Waals surface area contributed by atoms with Crippen molar-refractivity contribution < 1.29 is 9.90 Å². The first-order valence-electron chi connectivity index (χ1n) is 5.87. The first-order chi connectivity index (χ1) is 8.97. The average Bonchev–Trinajstić information content (AvgIpc) is 2.91. The van der Waals surface area contributed by atoms with Gasteiger partial charge in [0.2, 0.25) is 5.91 Å². The van der Waals surface area contributed by atoms with Crippen LogP contribution < -0.4 is 5.32 Å². The van der Waals surface area contributed by atoms with Gasteiger partial charge in [0, 0.05) is 0 Å². The molecular weight excluding hydrogens is 248 g/mol. The Morgan fingerprint density at radius 3 is 2.84 bits per heavy atom. The van der Waals surface area contributed by atoms with E-state index in [1.165, 1.54) is 4.68 Å². The molecule has 2 rings (SSSR count). The second-order valence-electron chi connectivity index (χ2n) is 4.37. The topological polar surface area (TPSA) is 109 Å². The molecule has 0 fully saturated rings. The van der Waals surface area contributed by atoms with Gasteiger partial charge in [0.25, 0.3) is 0 Å². The van der Waals surface area contributed by atoms with Crippen LogP contribution in [0.25, 0.3) is 0 Å². The van der Waals surface area contributed by atoms with Crippen LogP contribution in [0.5, 0.6) is 0 Å². The molecule has 1 amide bonds. The molecule has 8 nitrogen and oxygen atoms in total. The number of carbonyl (C=O) groups excluding carboxylic acids is 1. The van der Waals surface area contributed by atoms with Crippen LogP contribution in [0.2, 0.25) is 0 Å². The molecule has 0 aromatic carbocycles. The van der Waals surface area contributed by atoms with Gasteiger partial charge in [0.1, 0.15) is 12.2 Å². The van der Waals surface area contributed by atoms with Gasteiger partial charge in [-0.05, 0) is 20.8 Å². The number of anilines is 1. The highest BCUT2D eigenvalue weighted by atomic mass is 16.3. The second-order valence-corrected chi connectivity index (χ2v) is 4.37. The number of aromatic amines is 1. The van der Waals surface area contributed by atoms with E-state index in [4.69, 9.17) is 0 Å². The zero-order valence-corrected chi connectivity index (χ0v) is 11.0. The van der Waals surface area contributed by atoms with Crippen molar-refractivity contribution in [2.45, 2.75) is 33.4 Å². The number of aryl methyl sites for hydroxylation is 2. The molecule has 3 N–H and O–H groups in total. The van der Waals surface area contributed by atoms with E-state index in [-0.39, 0.29) is 12.5 Å². The van der Waals surface area contributed by atoms with Crippen LogP contribution >= 0.6 is 0 Å². The highest BCUT2D eigenvalue weighted by molar-refractivity contribution is 5.91. The Morgan fingerprint density at radius 1 is 1.58 bits per heavy atom. The Hall–Kier alpha value is -2.22. The van der Waals surface area contributed by atoms with Crippen LogP contribution in [-0.4, -0.2) is 36.2 Å². The van der Waals surface area contributed by atoms with E-state index in [2.05, 4.69) is 25.8 Å². The van der Waals surface area contributed by atoms with E-state index in [1.54, 1.807) is 20.0 Å². The van der Waals surface area contributed by atoms with E-state index in [1.807, 2.05) is 6.92 Å². The van der Waals surface area contributed by atoms with Crippen molar-refractivity contribution in [1.29, 1.82) is 0 Å². The van der Waals surface area contributed by atoms with Gasteiger partial charge >= 0.3 is 0 Å². The largest absolute Gasteiger partial charge is 0.387 e. The lowest BCUT2D eigenvalue weighted by atomic mass is 10.3. The fraction of sp³-hybridized carbons (Fsp3) is 0.455. The maximum absolute atomic E-state index is 11.9. The minimum atomic E-state index is -0.699. The molecule has 0 radical (unpaired) electrons. The molecule has 0 aliphatic heterocycles. The fourth-order valence-electron chi connectivity index (χ4n) is 1.64. The highest BCUT2D eigenvalue weighted by Crippen LogP contribution is 2.15. The van der Waals surface area contributed by atoms with Crippen molar-refractivity contribution in [2.75, 3.05) is 5.32 Å². The summed E-state index contributed by atoms with van der Waals surface area (Å²) < 4.78 is 1.38. The zero-order chi connectivity index (χ0) is 14.0. The second kappa shape index (κ2) is 5.19. The van der Waals surface area contributed by atoms with Crippen LogP contribution in [0.3, 0.4) is 0 Å². The third kappa shape index (κ3) is 2.97. The number of H-pyrrole nitrogens is 1. The molecule has 19 heavy (non-hydrogen) atoms. The number of aromatic nitrogens is 5. The van der Waals surface area contributed by atoms with Gasteiger partial charge in [-0.15, -0.1) is 5.10 Å². The Balaban J connectivity index is 2.01. The molecular formula is C11H16N6O2. The number of hydrogen-bond donors (Lipinski definition) is 3.